The van der Waals surface area contributed by atoms with Gasteiger partial charge in [0.25, 0.3) is 0 Å². The van der Waals surface area contributed by atoms with Crippen LogP contribution < -0.4 is 0 Å². The van der Waals surface area contributed by atoms with Gasteiger partial charge in [0.1, 0.15) is 11.6 Å². The van der Waals surface area contributed by atoms with Crippen LogP contribution >= 0.6 is 11.8 Å². The molecule has 0 radical (unpaired) electrons. The summed E-state index contributed by atoms with van der Waals surface area (Å²) < 4.78 is 30.1. The zero-order valence-corrected chi connectivity index (χ0v) is 15.7. The fourth-order valence-corrected chi connectivity index (χ4v) is 4.03. The van der Waals surface area contributed by atoms with Crippen LogP contribution in [-0.2, 0) is 5.75 Å². The van der Waals surface area contributed by atoms with Gasteiger partial charge >= 0.3 is 6.55 Å². The van der Waals surface area contributed by atoms with Crippen LogP contribution in [0, 0.1) is 0 Å². The molecule has 0 bridgehead atoms. The highest BCUT2D eigenvalue weighted by Crippen LogP contribution is 2.40. The van der Waals surface area contributed by atoms with Crippen LogP contribution in [0.25, 0.3) is 16.7 Å². The molecule has 0 N–H and O–H groups in total. The van der Waals surface area contributed by atoms with Crippen LogP contribution in [-0.4, -0.2) is 24.3 Å². The van der Waals surface area contributed by atoms with Gasteiger partial charge in [-0.1, -0.05) is 42.1 Å². The van der Waals surface area contributed by atoms with Crippen molar-refractivity contribution in [2.45, 2.75) is 36.2 Å². The molecule has 2 heterocycles. The molecular weight excluding hydrogens is 380 g/mol. The minimum absolute atomic E-state index is 0.280. The molecule has 142 valence electrons. The number of fused-ring (bicyclic) bond motifs is 1. The van der Waals surface area contributed by atoms with Crippen LogP contribution in [0.3, 0.4) is 0 Å². The van der Waals surface area contributed by atoms with Gasteiger partial charge in [-0.2, -0.15) is 8.78 Å². The smallest absolute Gasteiger partial charge is 0.269 e. The predicted octanol–water partition coefficient (Wildman–Crippen LogP) is 5.18. The number of thioether (sulfide) groups is 1. The van der Waals surface area contributed by atoms with Crippen molar-refractivity contribution in [1.29, 1.82) is 0 Å². The number of aromatic nitrogens is 5. The van der Waals surface area contributed by atoms with Crippen molar-refractivity contribution < 1.29 is 8.78 Å². The lowest BCUT2D eigenvalue weighted by Crippen LogP contribution is -2.03. The highest BCUT2D eigenvalue weighted by atomic mass is 32.2. The molecule has 1 fully saturated rings. The van der Waals surface area contributed by atoms with Crippen LogP contribution in [0.4, 0.5) is 8.78 Å². The fraction of sp³-hybridized carbons (Fsp3) is 0.250. The number of benzene rings is 2. The molecule has 0 saturated heterocycles. The second-order valence-corrected chi connectivity index (χ2v) is 7.67. The maximum absolute atomic E-state index is 13.6. The number of hydrogen-bond acceptors (Lipinski definition) is 4. The van der Waals surface area contributed by atoms with E-state index in [1.54, 1.807) is 24.3 Å². The number of alkyl halides is 2. The molecule has 5 nitrogen and oxygen atoms in total. The van der Waals surface area contributed by atoms with Gasteiger partial charge in [-0.3, -0.25) is 4.57 Å². The van der Waals surface area contributed by atoms with Crippen LogP contribution in [0.1, 0.15) is 37.0 Å². The maximum Gasteiger partial charge on any atom is 0.320 e. The maximum atomic E-state index is 13.6. The van der Waals surface area contributed by atoms with E-state index in [1.165, 1.54) is 11.8 Å². The molecule has 1 aliphatic carbocycles. The Hall–Kier alpha value is -2.74. The van der Waals surface area contributed by atoms with Gasteiger partial charge in [0, 0.05) is 5.92 Å². The van der Waals surface area contributed by atoms with Crippen molar-refractivity contribution >= 4 is 22.8 Å². The molecule has 5 rings (SSSR count). The first kappa shape index (κ1) is 17.4. The second kappa shape index (κ2) is 7.01. The molecular formula is C20H17F2N5S. The van der Waals surface area contributed by atoms with Crippen molar-refractivity contribution in [1.82, 2.24) is 24.3 Å². The zero-order chi connectivity index (χ0) is 19.1. The van der Waals surface area contributed by atoms with E-state index in [1.807, 2.05) is 35.0 Å². The average molecular weight is 397 g/mol. The molecule has 8 heteroatoms. The summed E-state index contributed by atoms with van der Waals surface area (Å²) in [4.78, 5) is 9.07. The third-order valence-corrected chi connectivity index (χ3v) is 5.58. The molecule has 1 aliphatic rings. The van der Waals surface area contributed by atoms with Gasteiger partial charge in [0.05, 0.1) is 22.5 Å². The number of nitrogens with zero attached hydrogens (tertiary/aromatic N) is 5. The molecule has 0 atom stereocenters. The summed E-state index contributed by atoms with van der Waals surface area (Å²) in [6.07, 6.45) is 2.22. The third kappa shape index (κ3) is 3.17. The minimum atomic E-state index is -2.64. The van der Waals surface area contributed by atoms with E-state index in [2.05, 4.69) is 15.1 Å². The largest absolute Gasteiger partial charge is 0.320 e. The Labute approximate surface area is 164 Å². The fourth-order valence-electron chi connectivity index (χ4n) is 3.27. The Morgan fingerprint density at radius 1 is 1.00 bits per heavy atom. The minimum Gasteiger partial charge on any atom is -0.269 e. The SMILES string of the molecule is FC(F)n1c(CSc2nc(C3CC3)n(-c3ccccc3)n2)nc2ccccc21. The molecule has 0 spiro atoms. The van der Waals surface area contributed by atoms with Crippen molar-refractivity contribution in [2.75, 3.05) is 0 Å². The zero-order valence-electron chi connectivity index (χ0n) is 14.9. The van der Waals surface area contributed by atoms with Crippen molar-refractivity contribution in [2.24, 2.45) is 0 Å². The lowest BCUT2D eigenvalue weighted by Gasteiger charge is -2.06. The topological polar surface area (TPSA) is 48.5 Å². The summed E-state index contributed by atoms with van der Waals surface area (Å²) in [5.41, 5.74) is 1.97. The summed E-state index contributed by atoms with van der Waals surface area (Å²) in [7, 11) is 0. The highest BCUT2D eigenvalue weighted by Gasteiger charge is 2.30. The molecule has 0 unspecified atom stereocenters. The molecule has 2 aromatic carbocycles. The number of rotatable bonds is 6. The van der Waals surface area contributed by atoms with E-state index in [0.717, 1.165) is 28.9 Å². The molecule has 0 aliphatic heterocycles. The van der Waals surface area contributed by atoms with Gasteiger partial charge < -0.3 is 0 Å². The molecule has 1 saturated carbocycles. The van der Waals surface area contributed by atoms with E-state index in [-0.39, 0.29) is 5.75 Å². The van der Waals surface area contributed by atoms with Crippen molar-refractivity contribution in [3.63, 3.8) is 0 Å². The number of imidazole rings is 1. The summed E-state index contributed by atoms with van der Waals surface area (Å²) in [5.74, 6) is 1.97. The van der Waals surface area contributed by atoms with Gasteiger partial charge in [-0.05, 0) is 37.1 Å². The normalized spacial score (nSPS) is 14.2. The monoisotopic (exact) mass is 397 g/mol. The van der Waals surface area contributed by atoms with E-state index in [4.69, 9.17) is 0 Å². The summed E-state index contributed by atoms with van der Waals surface area (Å²) in [5, 5.41) is 5.21. The Morgan fingerprint density at radius 2 is 1.75 bits per heavy atom. The van der Waals surface area contributed by atoms with Crippen LogP contribution in [0.2, 0.25) is 0 Å². The number of halogens is 2. The summed E-state index contributed by atoms with van der Waals surface area (Å²) in [6, 6.07) is 16.8. The number of hydrogen-bond donors (Lipinski definition) is 0. The lowest BCUT2D eigenvalue weighted by atomic mass is 10.3. The van der Waals surface area contributed by atoms with Gasteiger partial charge in [0.15, 0.2) is 0 Å². The Balaban J connectivity index is 1.45. The molecule has 0 amide bonds. The Morgan fingerprint density at radius 3 is 2.50 bits per heavy atom. The van der Waals surface area contributed by atoms with Crippen LogP contribution in [0.15, 0.2) is 59.8 Å². The third-order valence-electron chi connectivity index (χ3n) is 4.75. The van der Waals surface area contributed by atoms with E-state index < -0.39 is 6.55 Å². The van der Waals surface area contributed by atoms with Gasteiger partial charge in [-0.25, -0.2) is 14.6 Å². The highest BCUT2D eigenvalue weighted by molar-refractivity contribution is 7.98. The number of para-hydroxylation sites is 3. The molecule has 28 heavy (non-hydrogen) atoms. The first-order valence-corrected chi connectivity index (χ1v) is 10.1. The van der Waals surface area contributed by atoms with Crippen molar-refractivity contribution in [3.05, 3.63) is 66.2 Å². The Bertz CT molecular complexity index is 1120. The van der Waals surface area contributed by atoms with Crippen molar-refractivity contribution in [3.8, 4) is 5.69 Å². The first-order chi connectivity index (χ1) is 13.7. The second-order valence-electron chi connectivity index (χ2n) is 6.73. The van der Waals surface area contributed by atoms with E-state index in [9.17, 15) is 8.78 Å². The Kier molecular flexibility index (Phi) is 4.35. The summed E-state index contributed by atoms with van der Waals surface area (Å²) >= 11 is 1.34. The predicted molar refractivity (Wildman–Crippen MR) is 104 cm³/mol. The van der Waals surface area contributed by atoms with E-state index in [0.29, 0.717) is 27.9 Å². The van der Waals surface area contributed by atoms with Crippen LogP contribution in [0.5, 0.6) is 0 Å². The quantitative estimate of drug-likeness (QED) is 0.421. The average Bonchev–Trinajstić information content (AvgIpc) is 3.35. The standard InChI is InChI=1S/C20H17F2N5S/c21-19(22)26-16-9-5-4-8-15(16)23-17(26)12-28-20-24-18(13-10-11-13)27(25-20)14-6-2-1-3-7-14/h1-9,13,19H,10-12H2. The van der Waals surface area contributed by atoms with E-state index >= 15 is 0 Å². The first-order valence-electron chi connectivity index (χ1n) is 9.10. The summed E-state index contributed by atoms with van der Waals surface area (Å²) in [6.45, 7) is -2.64. The van der Waals surface area contributed by atoms with Gasteiger partial charge in [-0.15, -0.1) is 5.10 Å². The lowest BCUT2D eigenvalue weighted by molar-refractivity contribution is 0.0722. The molecule has 2 aromatic heterocycles. The molecule has 4 aromatic rings. The van der Waals surface area contributed by atoms with Gasteiger partial charge in [0.2, 0.25) is 5.16 Å².